The molecule has 4 rings (SSSR count). The number of halogens is 1. The second kappa shape index (κ2) is 10.2. The molecule has 1 aromatic rings. The number of carbonyl (C=O) groups excluding carboxylic acids is 2. The summed E-state index contributed by atoms with van der Waals surface area (Å²) in [5.74, 6) is -0.634. The number of carbonyl (C=O) groups is 2. The van der Waals surface area contributed by atoms with Crippen molar-refractivity contribution < 1.29 is 23.8 Å². The molecule has 188 valence electrons. The van der Waals surface area contributed by atoms with Gasteiger partial charge in [-0.3, -0.25) is 4.79 Å². The predicted molar refractivity (Wildman–Crippen MR) is 128 cm³/mol. The van der Waals surface area contributed by atoms with Crippen LogP contribution in [0.3, 0.4) is 0 Å². The van der Waals surface area contributed by atoms with E-state index in [0.717, 1.165) is 25.7 Å². The Balaban J connectivity index is 1.42. The zero-order valence-corrected chi connectivity index (χ0v) is 20.4. The molecule has 3 N–H and O–H groups in total. The number of ether oxygens (including phenoxy) is 1. The summed E-state index contributed by atoms with van der Waals surface area (Å²) in [7, 11) is 0. The van der Waals surface area contributed by atoms with Gasteiger partial charge in [0.1, 0.15) is 5.82 Å². The van der Waals surface area contributed by atoms with E-state index in [0.29, 0.717) is 32.0 Å². The molecule has 2 aliphatic carbocycles. The summed E-state index contributed by atoms with van der Waals surface area (Å²) in [6, 6.07) is 5.33. The van der Waals surface area contributed by atoms with Crippen LogP contribution in [0.1, 0.15) is 46.5 Å². The second-order valence-electron chi connectivity index (χ2n) is 10.7. The van der Waals surface area contributed by atoms with Gasteiger partial charge in [-0.1, -0.05) is 26.8 Å². The molecule has 0 spiro atoms. The molecule has 7 nitrogen and oxygen atoms in total. The maximum Gasteiger partial charge on any atom is 0.319 e. The first kappa shape index (κ1) is 24.9. The third kappa shape index (κ3) is 5.08. The summed E-state index contributed by atoms with van der Waals surface area (Å²) in [6.07, 6.45) is 2.92. The number of benzene rings is 1. The number of amides is 3. The van der Waals surface area contributed by atoms with E-state index in [2.05, 4.69) is 24.5 Å². The Kier molecular flexibility index (Phi) is 7.48. The van der Waals surface area contributed by atoms with Crippen molar-refractivity contribution in [1.82, 2.24) is 10.2 Å². The molecule has 0 unspecified atom stereocenters. The van der Waals surface area contributed by atoms with Crippen molar-refractivity contribution in [3.63, 3.8) is 0 Å². The zero-order valence-electron chi connectivity index (χ0n) is 20.4. The number of rotatable bonds is 4. The molecule has 8 heteroatoms. The van der Waals surface area contributed by atoms with Crippen LogP contribution in [0.15, 0.2) is 24.3 Å². The van der Waals surface area contributed by atoms with E-state index in [1.807, 2.05) is 11.8 Å². The molecule has 3 aliphatic rings. The minimum atomic E-state index is -0.607. The van der Waals surface area contributed by atoms with Gasteiger partial charge in [-0.05, 0) is 67.1 Å². The minimum Gasteiger partial charge on any atom is -0.392 e. The number of aliphatic hydroxyl groups is 1. The van der Waals surface area contributed by atoms with E-state index >= 15 is 0 Å². The Morgan fingerprint density at radius 1 is 1.24 bits per heavy atom. The summed E-state index contributed by atoms with van der Waals surface area (Å²) in [4.78, 5) is 27.6. The van der Waals surface area contributed by atoms with Crippen molar-refractivity contribution in [3.8, 4) is 0 Å². The first-order chi connectivity index (χ1) is 16.2. The Bertz CT molecular complexity index is 893. The molecule has 0 radical (unpaired) electrons. The van der Waals surface area contributed by atoms with Crippen molar-refractivity contribution in [3.05, 3.63) is 30.1 Å². The lowest BCUT2D eigenvalue weighted by molar-refractivity contribution is -0.153. The molecule has 0 bridgehead atoms. The predicted octanol–water partition coefficient (Wildman–Crippen LogP) is 3.63. The highest BCUT2D eigenvalue weighted by atomic mass is 19.1. The fraction of sp³-hybridized carbons (Fsp3) is 0.692. The number of anilines is 1. The molecule has 1 aliphatic heterocycles. The Labute approximate surface area is 201 Å². The first-order valence-corrected chi connectivity index (χ1v) is 12.6. The SMILES string of the molecule is C[C@@H]1[C@@H]2[C@@H](O)[C@H]([C@H](C)C(=O)N3CCOCC3)CC[C@]2(C)CC[C@@H]1NC(=O)Nc1cccc(F)c1. The normalized spacial score (nSPS) is 34.6. The molecule has 34 heavy (non-hydrogen) atoms. The van der Waals surface area contributed by atoms with E-state index in [4.69, 9.17) is 4.74 Å². The molecule has 1 saturated heterocycles. The van der Waals surface area contributed by atoms with Crippen molar-refractivity contribution in [2.75, 3.05) is 31.6 Å². The highest BCUT2D eigenvalue weighted by Gasteiger charge is 2.54. The average molecular weight is 476 g/mol. The number of nitrogens with one attached hydrogen (secondary N) is 2. The summed E-state index contributed by atoms with van der Waals surface area (Å²) in [5, 5.41) is 17.3. The molecular weight excluding hydrogens is 437 g/mol. The maximum atomic E-state index is 13.5. The van der Waals surface area contributed by atoms with Crippen LogP contribution in [-0.2, 0) is 9.53 Å². The lowest BCUT2D eigenvalue weighted by Gasteiger charge is -2.56. The zero-order chi connectivity index (χ0) is 24.5. The largest absolute Gasteiger partial charge is 0.392 e. The third-order valence-corrected chi connectivity index (χ3v) is 8.64. The highest BCUT2D eigenvalue weighted by molar-refractivity contribution is 5.89. The van der Waals surface area contributed by atoms with Gasteiger partial charge in [0.15, 0.2) is 0 Å². The molecule has 3 fully saturated rings. The third-order valence-electron chi connectivity index (χ3n) is 8.64. The fourth-order valence-electron chi connectivity index (χ4n) is 6.65. The average Bonchev–Trinajstić information content (AvgIpc) is 2.81. The highest BCUT2D eigenvalue weighted by Crippen LogP contribution is 2.55. The molecule has 1 aromatic carbocycles. The molecule has 2 saturated carbocycles. The van der Waals surface area contributed by atoms with Gasteiger partial charge in [-0.25, -0.2) is 9.18 Å². The first-order valence-electron chi connectivity index (χ1n) is 12.6. The van der Waals surface area contributed by atoms with Gasteiger partial charge in [0.05, 0.1) is 19.3 Å². The van der Waals surface area contributed by atoms with Gasteiger partial charge in [0.25, 0.3) is 0 Å². The number of urea groups is 1. The van der Waals surface area contributed by atoms with Crippen LogP contribution in [-0.4, -0.2) is 60.4 Å². The van der Waals surface area contributed by atoms with Crippen molar-refractivity contribution >= 4 is 17.6 Å². The maximum absolute atomic E-state index is 13.5. The Hall–Kier alpha value is -2.19. The van der Waals surface area contributed by atoms with Gasteiger partial charge < -0.3 is 25.4 Å². The number of aliphatic hydroxyl groups excluding tert-OH is 1. The van der Waals surface area contributed by atoms with Crippen LogP contribution in [0, 0.1) is 34.9 Å². The van der Waals surface area contributed by atoms with Crippen molar-refractivity contribution in [2.24, 2.45) is 29.1 Å². The summed E-state index contributed by atoms with van der Waals surface area (Å²) in [6.45, 7) is 8.62. The number of nitrogens with zero attached hydrogens (tertiary/aromatic N) is 1. The van der Waals surface area contributed by atoms with Gasteiger partial charge in [-0.15, -0.1) is 0 Å². The molecule has 7 atom stereocenters. The topological polar surface area (TPSA) is 90.9 Å². The summed E-state index contributed by atoms with van der Waals surface area (Å²) >= 11 is 0. The molecule has 3 amide bonds. The Morgan fingerprint density at radius 2 is 1.94 bits per heavy atom. The van der Waals surface area contributed by atoms with Crippen molar-refractivity contribution in [1.29, 1.82) is 0 Å². The fourth-order valence-corrected chi connectivity index (χ4v) is 6.65. The second-order valence-corrected chi connectivity index (χ2v) is 10.7. The minimum absolute atomic E-state index is 0.0144. The smallest absolute Gasteiger partial charge is 0.319 e. The molecular formula is C26H38FN3O4. The van der Waals surface area contributed by atoms with E-state index < -0.39 is 11.9 Å². The van der Waals surface area contributed by atoms with Gasteiger partial charge in [0.2, 0.25) is 5.91 Å². The monoisotopic (exact) mass is 475 g/mol. The number of hydrogen-bond acceptors (Lipinski definition) is 4. The quantitative estimate of drug-likeness (QED) is 0.620. The molecule has 1 heterocycles. The Morgan fingerprint density at radius 3 is 2.65 bits per heavy atom. The lowest BCUT2D eigenvalue weighted by Crippen LogP contribution is -2.59. The lowest BCUT2D eigenvalue weighted by atomic mass is 9.51. The van der Waals surface area contributed by atoms with Gasteiger partial charge in [0, 0.05) is 30.7 Å². The summed E-state index contributed by atoms with van der Waals surface area (Å²) in [5.41, 5.74) is 0.382. The van der Waals surface area contributed by atoms with Gasteiger partial charge >= 0.3 is 6.03 Å². The summed E-state index contributed by atoms with van der Waals surface area (Å²) < 4.78 is 18.8. The van der Waals surface area contributed by atoms with Crippen LogP contribution >= 0.6 is 0 Å². The van der Waals surface area contributed by atoms with E-state index in [-0.39, 0.29) is 47.1 Å². The number of morpholine rings is 1. The van der Waals surface area contributed by atoms with Crippen molar-refractivity contribution in [2.45, 2.75) is 58.6 Å². The van der Waals surface area contributed by atoms with Crippen LogP contribution in [0.5, 0.6) is 0 Å². The number of fused-ring (bicyclic) bond motifs is 1. The van der Waals surface area contributed by atoms with Crippen LogP contribution in [0.2, 0.25) is 0 Å². The number of hydrogen-bond donors (Lipinski definition) is 3. The molecule has 0 aromatic heterocycles. The standard InChI is InChI=1S/C26H38FN3O4/c1-16(24(32)30-11-13-34-14-12-30)20-7-9-26(3)10-8-21(17(2)22(26)23(20)31)29-25(33)28-19-6-4-5-18(27)15-19/h4-6,15-17,20-23,31H,7-14H2,1-3H3,(H2,28,29,33)/t16-,17-,20-,21-,22+,23-,26+/m0/s1. The van der Waals surface area contributed by atoms with Crippen LogP contribution < -0.4 is 10.6 Å². The van der Waals surface area contributed by atoms with Crippen LogP contribution in [0.25, 0.3) is 0 Å². The van der Waals surface area contributed by atoms with Gasteiger partial charge in [-0.2, -0.15) is 0 Å². The van der Waals surface area contributed by atoms with E-state index in [1.165, 1.54) is 12.1 Å². The van der Waals surface area contributed by atoms with Crippen LogP contribution in [0.4, 0.5) is 14.9 Å². The van der Waals surface area contributed by atoms with E-state index in [1.54, 1.807) is 12.1 Å². The van der Waals surface area contributed by atoms with E-state index in [9.17, 15) is 19.1 Å².